The van der Waals surface area contributed by atoms with Crippen molar-refractivity contribution in [2.24, 2.45) is 35.5 Å². The van der Waals surface area contributed by atoms with Crippen molar-refractivity contribution in [3.8, 4) is 0 Å². The predicted octanol–water partition coefficient (Wildman–Crippen LogP) is 13.2. The molecular weight excluding hydrogens is 1100 g/mol. The zero-order chi connectivity index (χ0) is 62.3. The van der Waals surface area contributed by atoms with Gasteiger partial charge in [-0.3, -0.25) is 14.1 Å². The zero-order valence-corrected chi connectivity index (χ0v) is 54.8. The van der Waals surface area contributed by atoms with E-state index in [1.165, 1.54) is 148 Å². The molecule has 2 saturated heterocycles. The highest BCUT2D eigenvalue weighted by Gasteiger charge is 2.55. The van der Waals surface area contributed by atoms with E-state index in [-0.39, 0.29) is 24.4 Å². The number of hydrogen-bond donors (Lipinski definition) is 7. The van der Waals surface area contributed by atoms with Crippen molar-refractivity contribution < 1.29 is 81.1 Å². The summed E-state index contributed by atoms with van der Waals surface area (Å²) in [7, 11) is -5.32. The van der Waals surface area contributed by atoms with Crippen molar-refractivity contribution in [2.75, 3.05) is 13.2 Å². The lowest BCUT2D eigenvalue weighted by Crippen LogP contribution is -2.65. The quantitative estimate of drug-likeness (QED) is 0.0170. The van der Waals surface area contributed by atoms with E-state index in [2.05, 4.69) is 52.6 Å². The molecule has 0 saturated carbocycles. The van der Waals surface area contributed by atoms with Gasteiger partial charge >= 0.3 is 22.3 Å². The Morgan fingerprint density at radius 1 is 0.464 bits per heavy atom. The largest absolute Gasteiger partial charge is 0.455 e. The van der Waals surface area contributed by atoms with Gasteiger partial charge in [0.25, 0.3) is 0 Å². The molecule has 2 aliphatic rings. The third-order valence-corrected chi connectivity index (χ3v) is 18.2. The maximum absolute atomic E-state index is 14.1. The molecule has 0 spiro atoms. The van der Waals surface area contributed by atoms with Crippen LogP contribution in [0.3, 0.4) is 0 Å². The first kappa shape index (κ1) is 78.5. The molecule has 17 nitrogen and oxygen atoms in total. The molecule has 84 heavy (non-hydrogen) atoms. The molecule has 0 bridgehead atoms. The Balaban J connectivity index is 1.96. The molecule has 498 valence electrons. The Morgan fingerprint density at radius 3 is 1.25 bits per heavy atom. The molecule has 17 atom stereocenters. The number of hydrogen-bond acceptors (Lipinski definition) is 16. The topological polar surface area (TPSA) is 265 Å². The molecule has 0 aromatic carbocycles. The Hall–Kier alpha value is -1.55. The predicted molar refractivity (Wildman–Crippen MR) is 330 cm³/mol. The van der Waals surface area contributed by atoms with E-state index < -0.39 is 103 Å². The Kier molecular flexibility index (Phi) is 43.5. The number of rotatable bonds is 52. The van der Waals surface area contributed by atoms with Crippen LogP contribution in [0.4, 0.5) is 0 Å². The second-order valence-electron chi connectivity index (χ2n) is 26.4. The van der Waals surface area contributed by atoms with Crippen LogP contribution in [0.2, 0.25) is 0 Å². The standard InChI is InChI=1S/C66H126O17S/c1-9-11-13-15-17-19-21-23-25-27-29-31-33-35-37-39-54(69)52(7)44-50(5)42-48(3)41-49(4)43-51(6)45-53(8)64(74)81-61-59(72)56(47-68)79-66(82-65-62(83-84(75,76)77)60(73)58(71)55(46-67)78-65)63(61)80-57(70)40-38-36-34-32-30-28-26-24-22-20-18-16-14-12-10-2/h48-56,58-63,65-69,71-73H,9-47H2,1-8H3,(H,75,76,77)/t48-,49+,50-,51+,52-,53+,54?,55?,56?,58-,59-,60?,61?,62+,63-,65-,66-/m1/s1. The molecule has 0 radical (unpaired) electrons. The molecule has 5 unspecified atom stereocenters. The van der Waals surface area contributed by atoms with Gasteiger partial charge in [-0.1, -0.05) is 242 Å². The fourth-order valence-electron chi connectivity index (χ4n) is 13.0. The fourth-order valence-corrected chi connectivity index (χ4v) is 13.5. The summed E-state index contributed by atoms with van der Waals surface area (Å²) in [5.41, 5.74) is 0. The Morgan fingerprint density at radius 2 is 0.833 bits per heavy atom. The van der Waals surface area contributed by atoms with Crippen molar-refractivity contribution in [1.29, 1.82) is 0 Å². The van der Waals surface area contributed by atoms with Gasteiger partial charge in [-0.2, -0.15) is 8.42 Å². The summed E-state index contributed by atoms with van der Waals surface area (Å²) >= 11 is 0. The fraction of sp³-hybridized carbons (Fsp3) is 0.970. The summed E-state index contributed by atoms with van der Waals surface area (Å²) in [5, 5.41) is 64.4. The molecule has 2 heterocycles. The van der Waals surface area contributed by atoms with E-state index in [0.717, 1.165) is 70.6 Å². The van der Waals surface area contributed by atoms with Gasteiger partial charge in [0.2, 0.25) is 6.29 Å². The lowest BCUT2D eigenvalue weighted by atomic mass is 9.81. The summed E-state index contributed by atoms with van der Waals surface area (Å²) in [6, 6.07) is 0. The van der Waals surface area contributed by atoms with Gasteiger partial charge in [0.1, 0.15) is 30.5 Å². The van der Waals surface area contributed by atoms with Gasteiger partial charge in [0.05, 0.1) is 25.2 Å². The van der Waals surface area contributed by atoms with Crippen LogP contribution in [0.5, 0.6) is 0 Å². The smallest absolute Gasteiger partial charge is 0.397 e. The highest BCUT2D eigenvalue weighted by molar-refractivity contribution is 7.80. The number of aliphatic hydroxyl groups is 6. The average molecular weight is 1220 g/mol. The summed E-state index contributed by atoms with van der Waals surface area (Å²) in [6.07, 6.45) is 23.3. The molecule has 0 aliphatic carbocycles. The van der Waals surface area contributed by atoms with Crippen LogP contribution in [0.15, 0.2) is 0 Å². The SMILES string of the molecule is CCCCCCCCCCCCCCCCCC(=O)O[C@@H]1C(OC(=O)[C@@H](C)C[C@@H](C)C[C@@H](C)C[C@@H](C)C[C@@H](C)C[C@@H](C)C(O)CCCCCCCCCCCCCCCCC)[C@H](O)C(CO)O[C@@H]1O[C@H]1OC(CO)[C@@H](O)C(O)[C@@H]1OS(=O)(=O)O. The summed E-state index contributed by atoms with van der Waals surface area (Å²) < 4.78 is 67.4. The maximum Gasteiger partial charge on any atom is 0.397 e. The second kappa shape index (κ2) is 46.5. The molecule has 18 heteroatoms. The van der Waals surface area contributed by atoms with Gasteiger partial charge in [0.15, 0.2) is 24.6 Å². The minimum atomic E-state index is -5.32. The number of carbonyl (C=O) groups is 2. The highest BCUT2D eigenvalue weighted by atomic mass is 32.3. The van der Waals surface area contributed by atoms with Crippen molar-refractivity contribution in [1.82, 2.24) is 0 Å². The number of ether oxygens (including phenoxy) is 5. The highest BCUT2D eigenvalue weighted by Crippen LogP contribution is 2.35. The van der Waals surface area contributed by atoms with Crippen molar-refractivity contribution >= 4 is 22.3 Å². The molecule has 2 fully saturated rings. The lowest BCUT2D eigenvalue weighted by Gasteiger charge is -2.46. The van der Waals surface area contributed by atoms with E-state index in [0.29, 0.717) is 30.6 Å². The zero-order valence-electron chi connectivity index (χ0n) is 54.0. The van der Waals surface area contributed by atoms with Crippen LogP contribution in [-0.4, -0.2) is 136 Å². The maximum atomic E-state index is 14.1. The molecule has 2 aliphatic heterocycles. The molecular formula is C66H126O17S. The summed E-state index contributed by atoms with van der Waals surface area (Å²) in [6.45, 7) is 15.5. The molecule has 7 N–H and O–H groups in total. The monoisotopic (exact) mass is 1220 g/mol. The Labute approximate surface area is 510 Å². The number of esters is 2. The summed E-state index contributed by atoms with van der Waals surface area (Å²) in [4.78, 5) is 27.7. The van der Waals surface area contributed by atoms with Crippen molar-refractivity contribution in [3.63, 3.8) is 0 Å². The third-order valence-electron chi connectivity index (χ3n) is 17.7. The van der Waals surface area contributed by atoms with Crippen LogP contribution < -0.4 is 0 Å². The van der Waals surface area contributed by atoms with Crippen LogP contribution in [0, 0.1) is 35.5 Å². The van der Waals surface area contributed by atoms with Crippen LogP contribution in [-0.2, 0) is 47.9 Å². The molecule has 0 amide bonds. The minimum absolute atomic E-state index is 0.0565. The number of unbranched alkanes of at least 4 members (excludes halogenated alkanes) is 28. The van der Waals surface area contributed by atoms with Crippen molar-refractivity contribution in [2.45, 2.75) is 360 Å². The summed E-state index contributed by atoms with van der Waals surface area (Å²) in [5.74, 6) is -0.545. The van der Waals surface area contributed by atoms with Gasteiger partial charge in [0, 0.05) is 6.42 Å². The molecule has 0 aromatic heterocycles. The van der Waals surface area contributed by atoms with Gasteiger partial charge < -0.3 is 54.3 Å². The van der Waals surface area contributed by atoms with E-state index in [4.69, 9.17) is 23.7 Å². The van der Waals surface area contributed by atoms with E-state index >= 15 is 0 Å². The first-order valence-corrected chi connectivity index (χ1v) is 35.5. The Bertz CT molecular complexity index is 1740. The number of aliphatic hydroxyl groups excluding tert-OH is 6. The number of carbonyl (C=O) groups excluding carboxylic acids is 2. The molecule has 0 aromatic rings. The average Bonchev–Trinajstić information content (AvgIpc) is 1.89. The normalized spacial score (nSPS) is 25.6. The van der Waals surface area contributed by atoms with Crippen LogP contribution >= 0.6 is 0 Å². The van der Waals surface area contributed by atoms with E-state index in [9.17, 15) is 53.2 Å². The van der Waals surface area contributed by atoms with Crippen LogP contribution in [0.25, 0.3) is 0 Å². The van der Waals surface area contributed by atoms with E-state index in [1.807, 2.05) is 0 Å². The first-order valence-electron chi connectivity index (χ1n) is 34.1. The minimum Gasteiger partial charge on any atom is -0.455 e. The molecule has 2 rings (SSSR count). The van der Waals surface area contributed by atoms with E-state index in [1.54, 1.807) is 6.92 Å². The van der Waals surface area contributed by atoms with Gasteiger partial charge in [-0.25, -0.2) is 4.18 Å². The third kappa shape index (κ3) is 34.4. The van der Waals surface area contributed by atoms with Crippen LogP contribution in [0.1, 0.15) is 293 Å². The lowest BCUT2D eigenvalue weighted by molar-refractivity contribution is -0.374. The second-order valence-corrected chi connectivity index (χ2v) is 27.4. The van der Waals surface area contributed by atoms with Crippen molar-refractivity contribution in [3.05, 3.63) is 0 Å². The first-order chi connectivity index (χ1) is 40.1. The van der Waals surface area contributed by atoms with Gasteiger partial charge in [-0.05, 0) is 74.5 Å². The van der Waals surface area contributed by atoms with Gasteiger partial charge in [-0.15, -0.1) is 0 Å².